The molecule has 1 heterocycles. The Bertz CT molecular complexity index is 656. The van der Waals surface area contributed by atoms with Crippen LogP contribution in [0.3, 0.4) is 0 Å². The maximum Gasteiger partial charge on any atom is 0.222 e. The zero-order chi connectivity index (χ0) is 14.8. The van der Waals surface area contributed by atoms with Crippen molar-refractivity contribution in [2.45, 2.75) is 32.3 Å². The number of halogens is 1. The first-order valence-corrected chi connectivity index (χ1v) is 7.48. The molecule has 0 radical (unpaired) electrons. The lowest BCUT2D eigenvalue weighted by Gasteiger charge is -2.13. The van der Waals surface area contributed by atoms with E-state index in [-0.39, 0.29) is 0 Å². The highest BCUT2D eigenvalue weighted by Crippen LogP contribution is 2.40. The fourth-order valence-corrected chi connectivity index (χ4v) is 2.41. The molecule has 0 saturated heterocycles. The molecule has 0 unspecified atom stereocenters. The molecule has 3 rings (SSSR count). The van der Waals surface area contributed by atoms with E-state index in [1.54, 1.807) is 0 Å². The number of hydrogen-bond donors (Lipinski definition) is 1. The van der Waals surface area contributed by atoms with Crippen molar-refractivity contribution in [1.82, 2.24) is 9.97 Å². The molecular formula is C16H18ClN3O. The molecule has 1 N–H and O–H groups in total. The van der Waals surface area contributed by atoms with E-state index in [0.29, 0.717) is 23.4 Å². The molecule has 21 heavy (non-hydrogen) atoms. The second-order valence-corrected chi connectivity index (χ2v) is 5.74. The third kappa shape index (κ3) is 3.27. The lowest BCUT2D eigenvalue weighted by molar-refractivity contribution is 0.290. The van der Waals surface area contributed by atoms with Gasteiger partial charge in [-0.1, -0.05) is 23.7 Å². The first-order valence-electron chi connectivity index (χ1n) is 7.11. The van der Waals surface area contributed by atoms with Gasteiger partial charge in [-0.2, -0.15) is 4.98 Å². The van der Waals surface area contributed by atoms with E-state index in [1.807, 2.05) is 38.2 Å². The summed E-state index contributed by atoms with van der Waals surface area (Å²) >= 11 is 5.99. The third-order valence-corrected chi connectivity index (χ3v) is 3.80. The van der Waals surface area contributed by atoms with Crippen LogP contribution < -0.4 is 10.1 Å². The summed E-state index contributed by atoms with van der Waals surface area (Å²) in [7, 11) is 1.87. The van der Waals surface area contributed by atoms with Gasteiger partial charge in [-0.3, -0.25) is 0 Å². The topological polar surface area (TPSA) is 47.0 Å². The first-order chi connectivity index (χ1) is 10.2. The molecule has 0 atom stereocenters. The van der Waals surface area contributed by atoms with Crippen molar-refractivity contribution in [3.8, 4) is 5.88 Å². The van der Waals surface area contributed by atoms with Crippen molar-refractivity contribution in [2.75, 3.05) is 12.4 Å². The zero-order valence-corrected chi connectivity index (χ0v) is 12.9. The van der Waals surface area contributed by atoms with E-state index in [1.165, 1.54) is 12.8 Å². The largest absolute Gasteiger partial charge is 0.472 e. The molecule has 4 nitrogen and oxygen atoms in total. The molecular weight excluding hydrogens is 286 g/mol. The van der Waals surface area contributed by atoms with Crippen LogP contribution in [0.4, 0.5) is 5.82 Å². The minimum absolute atomic E-state index is 0.450. The highest BCUT2D eigenvalue weighted by Gasteiger charge is 2.28. The van der Waals surface area contributed by atoms with E-state index in [0.717, 1.165) is 22.8 Å². The molecule has 1 saturated carbocycles. The first kappa shape index (κ1) is 14.1. The van der Waals surface area contributed by atoms with Gasteiger partial charge in [0.15, 0.2) is 0 Å². The smallest absolute Gasteiger partial charge is 0.222 e. The summed E-state index contributed by atoms with van der Waals surface area (Å²) in [4.78, 5) is 9.13. The minimum atomic E-state index is 0.450. The quantitative estimate of drug-likeness (QED) is 0.909. The van der Waals surface area contributed by atoms with Crippen molar-refractivity contribution in [2.24, 2.45) is 0 Å². The Hall–Kier alpha value is -1.81. The molecule has 0 amide bonds. The summed E-state index contributed by atoms with van der Waals surface area (Å²) in [5.74, 6) is 2.86. The molecule has 1 aromatic heterocycles. The number of nitrogens with one attached hydrogen (secondary N) is 1. The van der Waals surface area contributed by atoms with Crippen molar-refractivity contribution in [1.29, 1.82) is 0 Å². The van der Waals surface area contributed by atoms with Gasteiger partial charge in [0.1, 0.15) is 18.2 Å². The van der Waals surface area contributed by atoms with Gasteiger partial charge >= 0.3 is 0 Å². The van der Waals surface area contributed by atoms with Crippen LogP contribution in [0.15, 0.2) is 24.3 Å². The molecule has 2 aromatic rings. The van der Waals surface area contributed by atoms with Crippen LogP contribution in [-0.2, 0) is 6.61 Å². The molecule has 1 aliphatic carbocycles. The van der Waals surface area contributed by atoms with E-state index >= 15 is 0 Å². The van der Waals surface area contributed by atoms with E-state index in [2.05, 4.69) is 15.3 Å². The zero-order valence-electron chi connectivity index (χ0n) is 12.2. The Kier molecular flexibility index (Phi) is 3.97. The molecule has 0 bridgehead atoms. The average molecular weight is 304 g/mol. The van der Waals surface area contributed by atoms with Gasteiger partial charge in [-0.05, 0) is 37.5 Å². The number of aromatic nitrogens is 2. The molecule has 1 aliphatic rings. The molecule has 0 aliphatic heterocycles. The molecule has 0 spiro atoms. The van der Waals surface area contributed by atoms with Crippen LogP contribution in [0.25, 0.3) is 0 Å². The van der Waals surface area contributed by atoms with Gasteiger partial charge in [0.2, 0.25) is 5.88 Å². The Balaban J connectivity index is 1.82. The summed E-state index contributed by atoms with van der Waals surface area (Å²) in [6.45, 7) is 2.42. The SMILES string of the molecule is CNc1nc(C2CC2)nc(OCc2cccc(Cl)c2)c1C. The van der Waals surface area contributed by atoms with Crippen LogP contribution in [-0.4, -0.2) is 17.0 Å². The van der Waals surface area contributed by atoms with E-state index in [4.69, 9.17) is 16.3 Å². The number of rotatable bonds is 5. The molecule has 110 valence electrons. The summed E-state index contributed by atoms with van der Waals surface area (Å²) in [5.41, 5.74) is 1.96. The number of hydrogen-bond acceptors (Lipinski definition) is 4. The highest BCUT2D eigenvalue weighted by molar-refractivity contribution is 6.30. The fourth-order valence-electron chi connectivity index (χ4n) is 2.20. The van der Waals surface area contributed by atoms with Gasteiger partial charge in [-0.25, -0.2) is 4.98 Å². The molecule has 1 fully saturated rings. The predicted molar refractivity (Wildman–Crippen MR) is 84.1 cm³/mol. The Labute approximate surface area is 129 Å². The second-order valence-electron chi connectivity index (χ2n) is 5.30. The van der Waals surface area contributed by atoms with Crippen molar-refractivity contribution < 1.29 is 4.74 Å². The van der Waals surface area contributed by atoms with Gasteiger partial charge in [0.25, 0.3) is 0 Å². The van der Waals surface area contributed by atoms with E-state index < -0.39 is 0 Å². The number of benzene rings is 1. The highest BCUT2D eigenvalue weighted by atomic mass is 35.5. The van der Waals surface area contributed by atoms with Gasteiger partial charge < -0.3 is 10.1 Å². The Morgan fingerprint density at radius 3 is 2.81 bits per heavy atom. The fraction of sp³-hybridized carbons (Fsp3) is 0.375. The summed E-state index contributed by atoms with van der Waals surface area (Å²) in [6, 6.07) is 7.66. The third-order valence-electron chi connectivity index (χ3n) is 3.56. The van der Waals surface area contributed by atoms with Crippen LogP contribution in [0.2, 0.25) is 5.02 Å². The molecule has 1 aromatic carbocycles. The number of nitrogens with zero attached hydrogens (tertiary/aromatic N) is 2. The maximum absolute atomic E-state index is 5.99. The normalized spacial score (nSPS) is 14.0. The van der Waals surface area contributed by atoms with Crippen molar-refractivity contribution >= 4 is 17.4 Å². The van der Waals surface area contributed by atoms with Gasteiger partial charge in [-0.15, -0.1) is 0 Å². The van der Waals surface area contributed by atoms with E-state index in [9.17, 15) is 0 Å². The van der Waals surface area contributed by atoms with Crippen LogP contribution in [0, 0.1) is 6.92 Å². The van der Waals surface area contributed by atoms with Crippen molar-refractivity contribution in [3.05, 3.63) is 46.2 Å². The summed E-state index contributed by atoms with van der Waals surface area (Å²) in [5, 5.41) is 3.83. The predicted octanol–water partition coefficient (Wildman–Crippen LogP) is 3.94. The standard InChI is InChI=1S/C16H18ClN3O/c1-10-14(18-2)19-15(12-6-7-12)20-16(10)21-9-11-4-3-5-13(17)8-11/h3-5,8,12H,6-7,9H2,1-2H3,(H,18,19,20). The average Bonchev–Trinajstić information content (AvgIpc) is 3.31. The number of ether oxygens (including phenoxy) is 1. The second kappa shape index (κ2) is 5.90. The van der Waals surface area contributed by atoms with Crippen LogP contribution in [0.1, 0.15) is 35.7 Å². The lowest BCUT2D eigenvalue weighted by Crippen LogP contribution is -2.07. The maximum atomic E-state index is 5.99. The Morgan fingerprint density at radius 2 is 2.14 bits per heavy atom. The molecule has 5 heteroatoms. The lowest BCUT2D eigenvalue weighted by atomic mass is 10.2. The minimum Gasteiger partial charge on any atom is -0.472 e. The summed E-state index contributed by atoms with van der Waals surface area (Å²) in [6.07, 6.45) is 2.33. The van der Waals surface area contributed by atoms with Crippen molar-refractivity contribution in [3.63, 3.8) is 0 Å². The number of anilines is 1. The van der Waals surface area contributed by atoms with Crippen LogP contribution >= 0.6 is 11.6 Å². The van der Waals surface area contributed by atoms with Gasteiger partial charge in [0.05, 0.1) is 5.56 Å². The summed E-state index contributed by atoms with van der Waals surface area (Å²) < 4.78 is 5.89. The monoisotopic (exact) mass is 303 g/mol. The van der Waals surface area contributed by atoms with Gasteiger partial charge in [0, 0.05) is 18.0 Å². The Morgan fingerprint density at radius 1 is 1.33 bits per heavy atom. The van der Waals surface area contributed by atoms with Crippen LogP contribution in [0.5, 0.6) is 5.88 Å².